The minimum atomic E-state index is -0.566. The zero-order valence-corrected chi connectivity index (χ0v) is 3.09. The van der Waals surface area contributed by atoms with E-state index in [2.05, 4.69) is 0 Å². The van der Waals surface area contributed by atoms with Crippen LogP contribution < -0.4 is 5.11 Å². The molecule has 0 aliphatic carbocycles. The lowest BCUT2D eigenvalue weighted by molar-refractivity contribution is -0.279. The standard InChI is InChI=1S/C3H6O3/c4-1-3(6)2-5/h1,4-6H,2H2/p-1. The highest BCUT2D eigenvalue weighted by molar-refractivity contribution is 4.79. The van der Waals surface area contributed by atoms with Gasteiger partial charge in [-0.15, -0.1) is 6.26 Å². The van der Waals surface area contributed by atoms with E-state index in [1.54, 1.807) is 0 Å². The van der Waals surface area contributed by atoms with Gasteiger partial charge in [-0.3, -0.25) is 0 Å². The van der Waals surface area contributed by atoms with E-state index in [-0.39, 0.29) is 6.26 Å². The first kappa shape index (κ1) is 5.30. The Balaban J connectivity index is 3.22. The molecule has 0 spiro atoms. The predicted molar refractivity (Wildman–Crippen MR) is 17.8 cm³/mol. The van der Waals surface area contributed by atoms with Gasteiger partial charge in [0.05, 0.1) is 6.61 Å². The van der Waals surface area contributed by atoms with Crippen molar-refractivity contribution in [2.24, 2.45) is 0 Å². The molecule has 0 fully saturated rings. The molecule has 0 amide bonds. The van der Waals surface area contributed by atoms with E-state index in [9.17, 15) is 5.11 Å². The number of hydrogen-bond acceptors (Lipinski definition) is 3. The van der Waals surface area contributed by atoms with Gasteiger partial charge in [-0.25, -0.2) is 0 Å². The van der Waals surface area contributed by atoms with Crippen LogP contribution in [0.25, 0.3) is 0 Å². The van der Waals surface area contributed by atoms with Crippen LogP contribution in [0.1, 0.15) is 0 Å². The van der Waals surface area contributed by atoms with Crippen molar-refractivity contribution < 1.29 is 15.3 Å². The Kier molecular flexibility index (Phi) is 2.24. The summed E-state index contributed by atoms with van der Waals surface area (Å²) >= 11 is 0. The average molecular weight is 89.1 g/mol. The second kappa shape index (κ2) is 2.53. The van der Waals surface area contributed by atoms with Gasteiger partial charge in [0.2, 0.25) is 0 Å². The Labute approximate surface area is 35.2 Å². The fourth-order valence-corrected chi connectivity index (χ4v) is 0.0373. The van der Waals surface area contributed by atoms with Gasteiger partial charge in [-0.2, -0.15) is 0 Å². The summed E-state index contributed by atoms with van der Waals surface area (Å²) in [5.74, 6) is -0.532. The number of hydrogen-bond donors (Lipinski definition) is 2. The zero-order chi connectivity index (χ0) is 4.99. The van der Waals surface area contributed by atoms with E-state index in [0.717, 1.165) is 0 Å². The molecule has 0 radical (unpaired) electrons. The summed E-state index contributed by atoms with van der Waals surface area (Å²) in [5, 5.41) is 25.1. The molecule has 0 heterocycles. The summed E-state index contributed by atoms with van der Waals surface area (Å²) in [6, 6.07) is 0. The Morgan fingerprint density at radius 2 is 2.33 bits per heavy atom. The van der Waals surface area contributed by atoms with Crippen LogP contribution in [0, 0.1) is 0 Å². The van der Waals surface area contributed by atoms with Crippen LogP contribution in [0.15, 0.2) is 12.0 Å². The minimum Gasteiger partial charge on any atom is -0.876 e. The topological polar surface area (TPSA) is 63.5 Å². The fraction of sp³-hybridized carbons (Fsp3) is 0.333. The molecule has 0 aromatic heterocycles. The molecule has 2 N–H and O–H groups in total. The van der Waals surface area contributed by atoms with Gasteiger partial charge in [-0.05, 0) is 0 Å². The molecule has 3 heteroatoms. The molecule has 3 nitrogen and oxygen atoms in total. The third-order valence-electron chi connectivity index (χ3n) is 0.298. The molecular weight excluding hydrogens is 84.0 g/mol. The van der Waals surface area contributed by atoms with Crippen LogP contribution in [0.3, 0.4) is 0 Å². The Hall–Kier alpha value is -0.700. The highest BCUT2D eigenvalue weighted by atomic mass is 16.3. The summed E-state index contributed by atoms with van der Waals surface area (Å²) in [4.78, 5) is 0. The van der Waals surface area contributed by atoms with Crippen LogP contribution in [0.5, 0.6) is 0 Å². The van der Waals surface area contributed by atoms with Gasteiger partial charge < -0.3 is 15.3 Å². The highest BCUT2D eigenvalue weighted by Crippen LogP contribution is 1.74. The second-order valence-electron chi connectivity index (χ2n) is 0.767. The lowest BCUT2D eigenvalue weighted by Gasteiger charge is -1.92. The maximum atomic E-state index is 9.29. The van der Waals surface area contributed by atoms with Crippen molar-refractivity contribution in [3.05, 3.63) is 12.0 Å². The van der Waals surface area contributed by atoms with Crippen LogP contribution in [0.4, 0.5) is 0 Å². The first-order valence-electron chi connectivity index (χ1n) is 1.42. The largest absolute Gasteiger partial charge is 0.876 e. The van der Waals surface area contributed by atoms with Gasteiger partial charge in [0, 0.05) is 0 Å². The average Bonchev–Trinajstić information content (AvgIpc) is 1.65. The number of aliphatic hydroxyl groups excluding tert-OH is 2. The maximum Gasteiger partial charge on any atom is 0.103 e. The van der Waals surface area contributed by atoms with Crippen molar-refractivity contribution in [1.29, 1.82) is 0 Å². The fourth-order valence-electron chi connectivity index (χ4n) is 0.0373. The highest BCUT2D eigenvalue weighted by Gasteiger charge is 1.74. The van der Waals surface area contributed by atoms with E-state index in [1.807, 2.05) is 0 Å². The third kappa shape index (κ3) is 1.60. The van der Waals surface area contributed by atoms with E-state index >= 15 is 0 Å². The summed E-state index contributed by atoms with van der Waals surface area (Å²) in [7, 11) is 0. The summed E-state index contributed by atoms with van der Waals surface area (Å²) < 4.78 is 0. The molecule has 0 unspecified atom stereocenters. The van der Waals surface area contributed by atoms with Gasteiger partial charge in [0.15, 0.2) is 0 Å². The SMILES string of the molecule is [O-]C=C(O)CO. The lowest BCUT2D eigenvalue weighted by Crippen LogP contribution is -1.95. The van der Waals surface area contributed by atoms with Gasteiger partial charge in [0.25, 0.3) is 0 Å². The smallest absolute Gasteiger partial charge is 0.103 e. The molecule has 0 atom stereocenters. The van der Waals surface area contributed by atoms with Gasteiger partial charge in [0.1, 0.15) is 5.76 Å². The van der Waals surface area contributed by atoms with Crippen LogP contribution in [-0.4, -0.2) is 16.8 Å². The van der Waals surface area contributed by atoms with Crippen molar-refractivity contribution in [3.8, 4) is 0 Å². The summed E-state index contributed by atoms with van der Waals surface area (Å²) in [5.41, 5.74) is 0. The third-order valence-corrected chi connectivity index (χ3v) is 0.298. The number of aliphatic hydroxyl groups is 2. The van der Waals surface area contributed by atoms with Crippen molar-refractivity contribution in [1.82, 2.24) is 0 Å². The molecule has 0 saturated heterocycles. The normalized spacial score (nSPS) is 11.8. The van der Waals surface area contributed by atoms with E-state index in [4.69, 9.17) is 10.2 Å². The molecule has 0 saturated carbocycles. The Bertz CT molecular complexity index is 57.1. The molecule has 36 valence electrons. The molecule has 0 rings (SSSR count). The van der Waals surface area contributed by atoms with E-state index < -0.39 is 12.4 Å². The van der Waals surface area contributed by atoms with Crippen LogP contribution in [-0.2, 0) is 0 Å². The quantitative estimate of drug-likeness (QED) is 0.394. The summed E-state index contributed by atoms with van der Waals surface area (Å²) in [6.07, 6.45) is 0.194. The molecule has 6 heavy (non-hydrogen) atoms. The molecule has 0 aliphatic rings. The Morgan fingerprint density at radius 3 is 2.33 bits per heavy atom. The first-order chi connectivity index (χ1) is 2.81. The maximum absolute atomic E-state index is 9.29. The predicted octanol–water partition coefficient (Wildman–Crippen LogP) is -1.26. The minimum absolute atomic E-state index is 0.194. The molecule has 0 aromatic carbocycles. The Morgan fingerprint density at radius 1 is 1.83 bits per heavy atom. The molecular formula is C3H5O3-. The second-order valence-corrected chi connectivity index (χ2v) is 0.767. The molecule has 0 bridgehead atoms. The zero-order valence-electron chi connectivity index (χ0n) is 3.09. The molecule has 0 aliphatic heterocycles. The molecule has 0 aromatic rings. The summed E-state index contributed by atoms with van der Waals surface area (Å²) in [6.45, 7) is -0.566. The van der Waals surface area contributed by atoms with Gasteiger partial charge >= 0.3 is 0 Å². The monoisotopic (exact) mass is 89.0 g/mol. The van der Waals surface area contributed by atoms with Crippen molar-refractivity contribution >= 4 is 0 Å². The van der Waals surface area contributed by atoms with E-state index in [0.29, 0.717) is 0 Å². The van der Waals surface area contributed by atoms with Crippen LogP contribution in [0.2, 0.25) is 0 Å². The lowest BCUT2D eigenvalue weighted by atomic mass is 10.6. The van der Waals surface area contributed by atoms with Crippen molar-refractivity contribution in [2.75, 3.05) is 6.61 Å². The van der Waals surface area contributed by atoms with E-state index in [1.165, 1.54) is 0 Å². The van der Waals surface area contributed by atoms with Gasteiger partial charge in [-0.1, -0.05) is 0 Å². The number of rotatable bonds is 1. The van der Waals surface area contributed by atoms with Crippen molar-refractivity contribution in [2.45, 2.75) is 0 Å². The first-order valence-corrected chi connectivity index (χ1v) is 1.42. The van der Waals surface area contributed by atoms with Crippen molar-refractivity contribution in [3.63, 3.8) is 0 Å². The van der Waals surface area contributed by atoms with Crippen LogP contribution >= 0.6 is 0 Å².